The fourth-order valence-corrected chi connectivity index (χ4v) is 0. The van der Waals surface area contributed by atoms with E-state index in [0.29, 0.717) is 0 Å². The Bertz CT molecular complexity index is 256. The van der Waals surface area contributed by atoms with E-state index in [9.17, 15) is 0 Å². The predicted octanol–water partition coefficient (Wildman–Crippen LogP) is 0.0838. The fourth-order valence-electron chi connectivity index (χ4n) is 0. The van der Waals surface area contributed by atoms with Gasteiger partial charge in [0.25, 0.3) is 0 Å². The smallest absolute Gasteiger partial charge is 0.696 e. The second-order valence-electron chi connectivity index (χ2n) is 0.548. The second-order valence-corrected chi connectivity index (χ2v) is 1.64. The van der Waals surface area contributed by atoms with Crippen LogP contribution in [0.1, 0.15) is 0 Å². The van der Waals surface area contributed by atoms with Gasteiger partial charge in [-0.25, -0.2) is 31.6 Å². The first kappa shape index (κ1) is 43.0. The van der Waals surface area contributed by atoms with E-state index in [1.807, 2.05) is 0 Å². The first-order chi connectivity index (χ1) is 8.49. The number of nitrogens with zero attached hydrogens (tertiary/aromatic N) is 6. The van der Waals surface area contributed by atoms with Crippen molar-refractivity contribution in [2.24, 2.45) is 0 Å². The Balaban J connectivity index is -0.0000000180. The van der Waals surface area contributed by atoms with Crippen LogP contribution in [0.3, 0.4) is 0 Å². The van der Waals surface area contributed by atoms with E-state index in [1.54, 1.807) is 0 Å². The fraction of sp³-hybridized carbons (Fsp3) is 0. The number of rotatable bonds is 0. The standard InChI is InChI=1S/6CHNS.Ru/c6*2-1-3;/h6*3H;/q;;;;;;+6/p-6. The average Bonchev–Trinajstić information content (AvgIpc) is 2.23. The molecule has 6 nitrogen and oxygen atoms in total. The zero-order chi connectivity index (χ0) is 16.2. The third kappa shape index (κ3) is 3000. The third-order valence-corrected chi connectivity index (χ3v) is 0. The van der Waals surface area contributed by atoms with Gasteiger partial charge >= 0.3 is 19.5 Å². The first-order valence-corrected chi connectivity index (χ1v) is 5.02. The number of thiocyanates is 6. The van der Waals surface area contributed by atoms with Crippen LogP contribution in [0.4, 0.5) is 0 Å². The molecule has 0 aliphatic heterocycles. The van der Waals surface area contributed by atoms with Gasteiger partial charge in [-0.2, -0.15) is 0 Å². The molecule has 0 heterocycles. The molecule has 0 aromatic rings. The molecule has 0 radical (unpaired) electrons. The Morgan fingerprint density at radius 1 is 0.368 bits per heavy atom. The van der Waals surface area contributed by atoms with Crippen molar-refractivity contribution in [3.05, 3.63) is 0 Å². The first-order valence-electron chi connectivity index (χ1n) is 2.57. The largest absolute Gasteiger partial charge is 6.00 e. The molecule has 98 valence electrons. The number of hydrogen-bond donors (Lipinski definition) is 0. The second kappa shape index (κ2) is 179. The summed E-state index contributed by atoms with van der Waals surface area (Å²) in [6.07, 6.45) is 0. The molecule has 0 N–H and O–H groups in total. The maximum Gasteiger partial charge on any atom is 6.00 e. The molecule has 0 unspecified atom stereocenters. The van der Waals surface area contributed by atoms with Crippen LogP contribution in [0.2, 0.25) is 0 Å². The van der Waals surface area contributed by atoms with Crippen LogP contribution in [0, 0.1) is 64.0 Å². The molecule has 0 rings (SSSR count). The van der Waals surface area contributed by atoms with E-state index in [-0.39, 0.29) is 19.5 Å². The molecule has 0 saturated heterocycles. The summed E-state index contributed by atoms with van der Waals surface area (Å²) in [5, 5.41) is 50.8. The Labute approximate surface area is 158 Å². The average molecular weight is 450 g/mol. The van der Waals surface area contributed by atoms with Gasteiger partial charge in [-0.15, -0.1) is 0 Å². The minimum Gasteiger partial charge on any atom is -0.696 e. The summed E-state index contributed by atoms with van der Waals surface area (Å²) in [5.41, 5.74) is 0. The monoisotopic (exact) mass is 450 g/mol. The SMILES string of the molecule is N#C[S-].N#C[S-].N#C[S-].N#C[S-].N#C[S-].N#C[S-].[Ru+6]. The topological polar surface area (TPSA) is 143 Å². The molecule has 0 fully saturated rings. The summed E-state index contributed by atoms with van der Waals surface area (Å²) in [6.45, 7) is 0. The number of hydrogen-bond acceptors (Lipinski definition) is 12. The summed E-state index contributed by atoms with van der Waals surface area (Å²) >= 11 is 22.2. The Kier molecular flexibility index (Phi) is 405. The summed E-state index contributed by atoms with van der Waals surface area (Å²) in [5.74, 6) is 0. The van der Waals surface area contributed by atoms with Crippen molar-refractivity contribution in [3.63, 3.8) is 0 Å². The third-order valence-electron chi connectivity index (χ3n) is 0. The van der Waals surface area contributed by atoms with Gasteiger partial charge in [0.15, 0.2) is 0 Å². The van der Waals surface area contributed by atoms with Gasteiger partial charge < -0.3 is 75.8 Å². The van der Waals surface area contributed by atoms with Crippen molar-refractivity contribution in [1.29, 1.82) is 31.6 Å². The molecule has 0 saturated carbocycles. The Morgan fingerprint density at radius 2 is 0.368 bits per heavy atom. The molecule has 13 heteroatoms. The molecule has 0 atom stereocenters. The van der Waals surface area contributed by atoms with Gasteiger partial charge in [0.1, 0.15) is 0 Å². The molecule has 0 bridgehead atoms. The zero-order valence-corrected chi connectivity index (χ0v) is 15.1. The van der Waals surface area contributed by atoms with Crippen LogP contribution >= 0.6 is 0 Å². The van der Waals surface area contributed by atoms with Gasteiger partial charge in [-0.05, 0) is 0 Å². The van der Waals surface area contributed by atoms with Crippen molar-refractivity contribution in [1.82, 2.24) is 0 Å². The molecule has 0 spiro atoms. The molecule has 0 aromatic heterocycles. The molecule has 0 aliphatic carbocycles. The summed E-state index contributed by atoms with van der Waals surface area (Å²) < 4.78 is 0. The van der Waals surface area contributed by atoms with Gasteiger partial charge in [-0.3, -0.25) is 0 Å². The Morgan fingerprint density at radius 3 is 0.368 bits per heavy atom. The Hall–Kier alpha value is -1.12. The van der Waals surface area contributed by atoms with Gasteiger partial charge in [-0.1, -0.05) is 32.4 Å². The van der Waals surface area contributed by atoms with Crippen LogP contribution in [-0.4, -0.2) is 0 Å². The normalized spacial score (nSPS) is 2.21. The van der Waals surface area contributed by atoms with Crippen LogP contribution < -0.4 is 0 Å². The molecule has 0 aromatic carbocycles. The van der Waals surface area contributed by atoms with Crippen molar-refractivity contribution < 1.29 is 19.5 Å². The van der Waals surface area contributed by atoms with E-state index >= 15 is 0 Å². The van der Waals surface area contributed by atoms with Crippen molar-refractivity contribution in [2.45, 2.75) is 0 Å². The van der Waals surface area contributed by atoms with Gasteiger partial charge in [0, 0.05) is 0 Å². The van der Waals surface area contributed by atoms with Gasteiger partial charge in [0.2, 0.25) is 0 Å². The van der Waals surface area contributed by atoms with Crippen molar-refractivity contribution in [2.75, 3.05) is 0 Å². The number of nitriles is 6. The maximum absolute atomic E-state index is 7.13. The van der Waals surface area contributed by atoms with E-state index in [4.69, 9.17) is 31.6 Å². The summed E-state index contributed by atoms with van der Waals surface area (Å²) in [7, 11) is 0. The quantitative estimate of drug-likeness (QED) is 0.281. The molecule has 0 aliphatic rings. The minimum absolute atomic E-state index is 0. The van der Waals surface area contributed by atoms with Crippen LogP contribution in [0.15, 0.2) is 0 Å². The molecular formula is C6N6RuS6. The summed E-state index contributed by atoms with van der Waals surface area (Å²) in [6, 6.07) is 0. The molecule has 0 amide bonds. The van der Waals surface area contributed by atoms with Crippen molar-refractivity contribution >= 4 is 75.8 Å². The van der Waals surface area contributed by atoms with E-state index in [1.165, 1.54) is 32.4 Å². The summed E-state index contributed by atoms with van der Waals surface area (Å²) in [4.78, 5) is 0. The van der Waals surface area contributed by atoms with E-state index < -0.39 is 0 Å². The van der Waals surface area contributed by atoms with Crippen LogP contribution in [0.25, 0.3) is 0 Å². The zero-order valence-electron chi connectivity index (χ0n) is 8.49. The van der Waals surface area contributed by atoms with Crippen LogP contribution in [-0.2, 0) is 95.3 Å². The predicted molar refractivity (Wildman–Crippen MR) is 77.9 cm³/mol. The maximum atomic E-state index is 7.13. The molecular weight excluding hydrogens is 450 g/mol. The minimum atomic E-state index is 0. The van der Waals surface area contributed by atoms with Gasteiger partial charge in [0.05, 0.1) is 0 Å². The molecule has 19 heavy (non-hydrogen) atoms. The van der Waals surface area contributed by atoms with E-state index in [2.05, 4.69) is 75.8 Å². The van der Waals surface area contributed by atoms with Crippen LogP contribution in [0.5, 0.6) is 0 Å². The van der Waals surface area contributed by atoms with E-state index in [0.717, 1.165) is 0 Å². The van der Waals surface area contributed by atoms with Crippen molar-refractivity contribution in [3.8, 4) is 32.4 Å².